The van der Waals surface area contributed by atoms with Gasteiger partial charge in [-0.15, -0.1) is 0 Å². The molecule has 0 saturated carbocycles. The summed E-state index contributed by atoms with van der Waals surface area (Å²) in [5.41, 5.74) is -0.0204. The first kappa shape index (κ1) is 19.8. The monoisotopic (exact) mass is 371 g/mol. The smallest absolute Gasteiger partial charge is 0.192 e. The van der Waals surface area contributed by atoms with Crippen molar-refractivity contribution in [1.82, 2.24) is 0 Å². The Bertz CT molecular complexity index is 822. The van der Waals surface area contributed by atoms with E-state index in [0.717, 1.165) is 5.56 Å². The third-order valence-corrected chi connectivity index (χ3v) is 4.27. The number of halogens is 1. The minimum atomic E-state index is -1.08. The molecule has 1 unspecified atom stereocenters. The van der Waals surface area contributed by atoms with E-state index < -0.39 is 11.5 Å². The van der Waals surface area contributed by atoms with Crippen molar-refractivity contribution in [2.45, 2.75) is 40.2 Å². The first-order valence-corrected chi connectivity index (χ1v) is 8.81. The van der Waals surface area contributed by atoms with Gasteiger partial charge in [0.25, 0.3) is 0 Å². The Balaban J connectivity index is 2.09. The number of nitriles is 1. The number of ketones is 1. The van der Waals surface area contributed by atoms with Gasteiger partial charge in [-0.05, 0) is 69.2 Å². The van der Waals surface area contributed by atoms with Crippen molar-refractivity contribution >= 4 is 17.4 Å². The number of hydrogen-bond donors (Lipinski definition) is 0. The van der Waals surface area contributed by atoms with Crippen LogP contribution in [0.3, 0.4) is 0 Å². The molecule has 0 radical (unpaired) electrons. The molecule has 136 valence electrons. The minimum absolute atomic E-state index is 0.228. The van der Waals surface area contributed by atoms with E-state index in [1.165, 1.54) is 0 Å². The summed E-state index contributed by atoms with van der Waals surface area (Å²) in [6, 6.07) is 14.6. The fourth-order valence-corrected chi connectivity index (χ4v) is 2.62. The van der Waals surface area contributed by atoms with Crippen molar-refractivity contribution in [3.8, 4) is 23.3 Å². The number of ether oxygens (including phenoxy) is 2. The Labute approximate surface area is 159 Å². The van der Waals surface area contributed by atoms with E-state index in [9.17, 15) is 4.79 Å². The molecule has 4 nitrogen and oxygen atoms in total. The predicted molar refractivity (Wildman–Crippen MR) is 102 cm³/mol. The lowest BCUT2D eigenvalue weighted by Gasteiger charge is -2.22. The summed E-state index contributed by atoms with van der Waals surface area (Å²) < 4.78 is 11.5. The van der Waals surface area contributed by atoms with Crippen LogP contribution in [0.4, 0.5) is 0 Å². The van der Waals surface area contributed by atoms with E-state index in [1.54, 1.807) is 38.1 Å². The van der Waals surface area contributed by atoms with Gasteiger partial charge in [0.05, 0.1) is 11.1 Å². The van der Waals surface area contributed by atoms with Gasteiger partial charge in [-0.3, -0.25) is 4.79 Å². The highest BCUT2D eigenvalue weighted by atomic mass is 35.5. The molecule has 0 heterocycles. The van der Waals surface area contributed by atoms with Crippen LogP contribution in [0.25, 0.3) is 0 Å². The molecule has 0 amide bonds. The number of carbonyl (C=O) groups is 1. The van der Waals surface area contributed by atoms with Gasteiger partial charge in [-0.2, -0.15) is 5.26 Å². The highest BCUT2D eigenvalue weighted by molar-refractivity contribution is 6.32. The highest BCUT2D eigenvalue weighted by Gasteiger charge is 2.34. The van der Waals surface area contributed by atoms with Crippen LogP contribution in [0, 0.1) is 23.7 Å². The zero-order valence-corrected chi connectivity index (χ0v) is 16.1. The second-order valence-corrected chi connectivity index (χ2v) is 7.03. The van der Waals surface area contributed by atoms with Gasteiger partial charge in [0, 0.05) is 0 Å². The topological polar surface area (TPSA) is 59.3 Å². The van der Waals surface area contributed by atoms with Crippen molar-refractivity contribution in [3.05, 3.63) is 53.1 Å². The van der Waals surface area contributed by atoms with Crippen molar-refractivity contribution in [1.29, 1.82) is 5.26 Å². The molecule has 0 aromatic heterocycles. The van der Waals surface area contributed by atoms with E-state index in [2.05, 4.69) is 0 Å². The molecule has 0 aliphatic carbocycles. The number of hydrogen-bond acceptors (Lipinski definition) is 4. The lowest BCUT2D eigenvalue weighted by atomic mass is 9.86. The zero-order chi connectivity index (χ0) is 19.3. The summed E-state index contributed by atoms with van der Waals surface area (Å²) in [7, 11) is 0. The Morgan fingerprint density at radius 3 is 2.35 bits per heavy atom. The minimum Gasteiger partial charge on any atom is -0.483 e. The third-order valence-electron chi connectivity index (χ3n) is 3.98. The standard InChI is InChI=1S/C21H22ClNO3/c1-5-18(20(24)21(3,4)13-23)25-15-7-9-16(10-8-15)26-19-11-6-14(2)12-17(19)22/h6-12,18H,5H2,1-4H3. The van der Waals surface area contributed by atoms with Gasteiger partial charge < -0.3 is 9.47 Å². The number of carbonyl (C=O) groups excluding carboxylic acids is 1. The number of nitrogens with zero attached hydrogens (tertiary/aromatic N) is 1. The van der Waals surface area contributed by atoms with Gasteiger partial charge in [-0.25, -0.2) is 0 Å². The molecule has 0 saturated heterocycles. The molecule has 26 heavy (non-hydrogen) atoms. The van der Waals surface area contributed by atoms with Crippen LogP contribution in [0.1, 0.15) is 32.8 Å². The average molecular weight is 372 g/mol. The second-order valence-electron chi connectivity index (χ2n) is 6.62. The fourth-order valence-electron chi connectivity index (χ4n) is 2.35. The number of benzene rings is 2. The number of rotatable bonds is 7. The normalized spacial score (nSPS) is 12.2. The van der Waals surface area contributed by atoms with Crippen LogP contribution in [0.15, 0.2) is 42.5 Å². The molecule has 0 spiro atoms. The van der Waals surface area contributed by atoms with Crippen molar-refractivity contribution in [2.24, 2.45) is 5.41 Å². The third kappa shape index (κ3) is 4.77. The molecule has 0 bridgehead atoms. The van der Waals surface area contributed by atoms with Crippen LogP contribution >= 0.6 is 11.6 Å². The van der Waals surface area contributed by atoms with Crippen LogP contribution in [0.5, 0.6) is 17.2 Å². The number of aryl methyl sites for hydroxylation is 1. The number of Topliss-reactive ketones (excluding diaryl/α,β-unsaturated/α-hetero) is 1. The largest absolute Gasteiger partial charge is 0.483 e. The summed E-state index contributed by atoms with van der Waals surface area (Å²) >= 11 is 6.18. The maximum Gasteiger partial charge on any atom is 0.192 e. The van der Waals surface area contributed by atoms with Gasteiger partial charge in [0.15, 0.2) is 11.9 Å². The fraction of sp³-hybridized carbons (Fsp3) is 0.333. The first-order valence-electron chi connectivity index (χ1n) is 8.43. The summed E-state index contributed by atoms with van der Waals surface area (Å²) in [5.74, 6) is 1.50. The maximum absolute atomic E-state index is 12.4. The quantitative estimate of drug-likeness (QED) is 0.624. The Hall–Kier alpha value is -2.51. The first-order chi connectivity index (χ1) is 12.3. The molecule has 0 aliphatic heterocycles. The van der Waals surface area contributed by atoms with E-state index in [4.69, 9.17) is 26.3 Å². The van der Waals surface area contributed by atoms with Crippen molar-refractivity contribution < 1.29 is 14.3 Å². The maximum atomic E-state index is 12.4. The van der Waals surface area contributed by atoms with Crippen molar-refractivity contribution in [2.75, 3.05) is 0 Å². The lowest BCUT2D eigenvalue weighted by Crippen LogP contribution is -2.37. The van der Waals surface area contributed by atoms with Crippen LogP contribution in [-0.2, 0) is 4.79 Å². The summed E-state index contributed by atoms with van der Waals surface area (Å²) in [6.45, 7) is 7.01. The SMILES string of the molecule is CCC(Oc1ccc(Oc2ccc(C)cc2Cl)cc1)C(=O)C(C)(C)C#N. The summed E-state index contributed by atoms with van der Waals surface area (Å²) in [5, 5.41) is 9.68. The molecule has 1 atom stereocenters. The van der Waals surface area contributed by atoms with E-state index in [-0.39, 0.29) is 5.78 Å². The predicted octanol–water partition coefficient (Wildman–Crippen LogP) is 5.72. The van der Waals surface area contributed by atoms with Gasteiger partial charge in [0.2, 0.25) is 0 Å². The zero-order valence-electron chi connectivity index (χ0n) is 15.4. The Morgan fingerprint density at radius 1 is 1.19 bits per heavy atom. The summed E-state index contributed by atoms with van der Waals surface area (Å²) in [6.07, 6.45) is -0.177. The summed E-state index contributed by atoms with van der Waals surface area (Å²) in [4.78, 5) is 12.4. The molecule has 2 rings (SSSR count). The van der Waals surface area contributed by atoms with Crippen LogP contribution < -0.4 is 9.47 Å². The Morgan fingerprint density at radius 2 is 1.81 bits per heavy atom. The molecular formula is C21H22ClNO3. The van der Waals surface area contributed by atoms with E-state index in [1.807, 2.05) is 38.1 Å². The molecule has 2 aromatic rings. The van der Waals surface area contributed by atoms with Gasteiger partial charge in [-0.1, -0.05) is 24.6 Å². The second kappa shape index (κ2) is 8.25. The lowest BCUT2D eigenvalue weighted by molar-refractivity contribution is -0.131. The van der Waals surface area contributed by atoms with Gasteiger partial charge >= 0.3 is 0 Å². The molecule has 2 aromatic carbocycles. The Kier molecular flexibility index (Phi) is 6.28. The molecule has 5 heteroatoms. The molecule has 0 aliphatic rings. The van der Waals surface area contributed by atoms with Crippen molar-refractivity contribution in [3.63, 3.8) is 0 Å². The van der Waals surface area contributed by atoms with Crippen LogP contribution in [0.2, 0.25) is 5.02 Å². The van der Waals surface area contributed by atoms with Gasteiger partial charge in [0.1, 0.15) is 22.7 Å². The van der Waals surface area contributed by atoms with E-state index in [0.29, 0.717) is 28.7 Å². The average Bonchev–Trinajstić information content (AvgIpc) is 2.62. The molecule has 0 fully saturated rings. The molecule has 0 N–H and O–H groups in total. The van der Waals surface area contributed by atoms with Crippen LogP contribution in [-0.4, -0.2) is 11.9 Å². The highest BCUT2D eigenvalue weighted by Crippen LogP contribution is 2.31. The van der Waals surface area contributed by atoms with E-state index >= 15 is 0 Å². The molecular weight excluding hydrogens is 350 g/mol.